The molecule has 2 rings (SSSR count). The Morgan fingerprint density at radius 3 is 2.39 bits per heavy atom. The normalized spacial score (nSPS) is 10.7. The topological polar surface area (TPSA) is 33.3 Å². The van der Waals surface area contributed by atoms with Crippen LogP contribution in [0.3, 0.4) is 0 Å². The first kappa shape index (κ1) is 17.8. The van der Waals surface area contributed by atoms with E-state index in [1.165, 1.54) is 5.56 Å². The summed E-state index contributed by atoms with van der Waals surface area (Å²) in [6, 6.07) is 15.9. The highest BCUT2D eigenvalue weighted by atomic mass is 35.5. The van der Waals surface area contributed by atoms with E-state index in [2.05, 4.69) is 23.6 Å². The molecule has 4 heteroatoms. The molecule has 0 heterocycles. The van der Waals surface area contributed by atoms with E-state index in [-0.39, 0.29) is 0 Å². The van der Waals surface area contributed by atoms with Crippen molar-refractivity contribution in [1.82, 2.24) is 10.6 Å². The average Bonchev–Trinajstić information content (AvgIpc) is 2.58. The minimum Gasteiger partial charge on any atom is -0.489 e. The van der Waals surface area contributed by atoms with Crippen LogP contribution in [0.1, 0.15) is 24.5 Å². The molecule has 0 saturated heterocycles. The fraction of sp³-hybridized carbons (Fsp3) is 0.368. The summed E-state index contributed by atoms with van der Waals surface area (Å²) >= 11 is 6.18. The molecule has 0 aliphatic heterocycles. The van der Waals surface area contributed by atoms with Gasteiger partial charge < -0.3 is 15.4 Å². The van der Waals surface area contributed by atoms with Gasteiger partial charge in [-0.2, -0.15) is 0 Å². The Labute approximate surface area is 144 Å². The highest BCUT2D eigenvalue weighted by Gasteiger charge is 2.05. The van der Waals surface area contributed by atoms with Gasteiger partial charge in [0.15, 0.2) is 0 Å². The number of halogens is 1. The monoisotopic (exact) mass is 332 g/mol. The molecule has 0 aliphatic rings. The van der Waals surface area contributed by atoms with Gasteiger partial charge >= 0.3 is 0 Å². The largest absolute Gasteiger partial charge is 0.489 e. The smallest absolute Gasteiger partial charge is 0.124 e. The molecule has 0 aromatic heterocycles. The van der Waals surface area contributed by atoms with Gasteiger partial charge in [0.25, 0.3) is 0 Å². The summed E-state index contributed by atoms with van der Waals surface area (Å²) in [4.78, 5) is 0. The molecular formula is C19H25ClN2O. The van der Waals surface area contributed by atoms with Gasteiger partial charge in [0, 0.05) is 22.7 Å². The summed E-state index contributed by atoms with van der Waals surface area (Å²) in [6.45, 7) is 6.49. The number of rotatable bonds is 10. The van der Waals surface area contributed by atoms with E-state index in [1.54, 1.807) is 0 Å². The van der Waals surface area contributed by atoms with Crippen LogP contribution in [0.15, 0.2) is 48.5 Å². The average molecular weight is 333 g/mol. The molecule has 0 saturated carbocycles. The van der Waals surface area contributed by atoms with Crippen LogP contribution in [0.4, 0.5) is 0 Å². The van der Waals surface area contributed by atoms with E-state index in [4.69, 9.17) is 16.3 Å². The summed E-state index contributed by atoms with van der Waals surface area (Å²) in [5.41, 5.74) is 2.17. The molecule has 0 radical (unpaired) electrons. The van der Waals surface area contributed by atoms with Crippen LogP contribution in [-0.2, 0) is 13.2 Å². The molecule has 0 amide bonds. The van der Waals surface area contributed by atoms with Crippen LogP contribution in [-0.4, -0.2) is 19.6 Å². The minimum atomic E-state index is 0.483. The number of nitrogens with one attached hydrogen (secondary N) is 2. The van der Waals surface area contributed by atoms with E-state index < -0.39 is 0 Å². The first-order valence-corrected chi connectivity index (χ1v) is 8.54. The van der Waals surface area contributed by atoms with Gasteiger partial charge in [0.1, 0.15) is 12.4 Å². The summed E-state index contributed by atoms with van der Waals surface area (Å²) < 4.78 is 5.96. The lowest BCUT2D eigenvalue weighted by Gasteiger charge is -2.13. The molecule has 0 bridgehead atoms. The predicted octanol–water partition coefficient (Wildman–Crippen LogP) is 4.01. The Morgan fingerprint density at radius 1 is 0.913 bits per heavy atom. The van der Waals surface area contributed by atoms with Crippen molar-refractivity contribution in [3.63, 3.8) is 0 Å². The molecule has 3 nitrogen and oxygen atoms in total. The third kappa shape index (κ3) is 6.22. The van der Waals surface area contributed by atoms with Crippen molar-refractivity contribution in [1.29, 1.82) is 0 Å². The lowest BCUT2D eigenvalue weighted by atomic mass is 10.2. The molecule has 0 unspecified atom stereocenters. The summed E-state index contributed by atoms with van der Waals surface area (Å²) in [5, 5.41) is 7.53. The molecular weight excluding hydrogens is 308 g/mol. The second-order valence-electron chi connectivity index (χ2n) is 5.37. The van der Waals surface area contributed by atoms with Gasteiger partial charge in [-0.1, -0.05) is 54.9 Å². The van der Waals surface area contributed by atoms with Crippen LogP contribution < -0.4 is 15.4 Å². The summed E-state index contributed by atoms with van der Waals surface area (Å²) in [5.74, 6) is 0.909. The second kappa shape index (κ2) is 10.3. The zero-order chi connectivity index (χ0) is 16.3. The standard InChI is InChI=1S/C19H25ClN2O/c1-2-21-12-7-13-22-14-16-8-4-6-11-19(16)23-15-17-9-3-5-10-18(17)20/h3-6,8-11,21-22H,2,7,12-15H2,1H3. The van der Waals surface area contributed by atoms with Crippen LogP contribution >= 0.6 is 11.6 Å². The summed E-state index contributed by atoms with van der Waals surface area (Å²) in [7, 11) is 0. The van der Waals surface area contributed by atoms with Crippen molar-refractivity contribution >= 4 is 11.6 Å². The van der Waals surface area contributed by atoms with Gasteiger partial charge in [-0.15, -0.1) is 0 Å². The van der Waals surface area contributed by atoms with Crippen LogP contribution in [0.5, 0.6) is 5.75 Å². The maximum atomic E-state index is 6.18. The zero-order valence-corrected chi connectivity index (χ0v) is 14.4. The van der Waals surface area contributed by atoms with E-state index in [0.29, 0.717) is 6.61 Å². The van der Waals surface area contributed by atoms with Crippen molar-refractivity contribution in [3.8, 4) is 5.75 Å². The number of para-hydroxylation sites is 1. The minimum absolute atomic E-state index is 0.483. The lowest BCUT2D eigenvalue weighted by molar-refractivity contribution is 0.302. The molecule has 0 aliphatic carbocycles. The quantitative estimate of drug-likeness (QED) is 0.645. The van der Waals surface area contributed by atoms with Crippen molar-refractivity contribution in [3.05, 3.63) is 64.7 Å². The number of hydrogen-bond donors (Lipinski definition) is 2. The van der Waals surface area contributed by atoms with E-state index in [9.17, 15) is 0 Å². The van der Waals surface area contributed by atoms with Gasteiger partial charge in [0.2, 0.25) is 0 Å². The Kier molecular flexibility index (Phi) is 7.95. The van der Waals surface area contributed by atoms with Gasteiger partial charge in [-0.05, 0) is 38.2 Å². The molecule has 23 heavy (non-hydrogen) atoms. The first-order valence-electron chi connectivity index (χ1n) is 8.16. The molecule has 2 N–H and O–H groups in total. The maximum Gasteiger partial charge on any atom is 0.124 e. The van der Waals surface area contributed by atoms with Gasteiger partial charge in [-0.3, -0.25) is 0 Å². The van der Waals surface area contributed by atoms with Crippen LogP contribution in [0, 0.1) is 0 Å². The molecule has 0 spiro atoms. The van der Waals surface area contributed by atoms with E-state index in [1.807, 2.05) is 42.5 Å². The van der Waals surface area contributed by atoms with Gasteiger partial charge in [-0.25, -0.2) is 0 Å². The number of benzene rings is 2. The van der Waals surface area contributed by atoms with Crippen molar-refractivity contribution in [2.45, 2.75) is 26.5 Å². The Balaban J connectivity index is 1.84. The SMILES string of the molecule is CCNCCCNCc1ccccc1OCc1ccccc1Cl. The molecule has 124 valence electrons. The third-order valence-electron chi connectivity index (χ3n) is 3.59. The Bertz CT molecular complexity index is 589. The molecule has 0 fully saturated rings. The van der Waals surface area contributed by atoms with E-state index >= 15 is 0 Å². The van der Waals surface area contributed by atoms with E-state index in [0.717, 1.165) is 48.9 Å². The summed E-state index contributed by atoms with van der Waals surface area (Å²) in [6.07, 6.45) is 1.12. The fourth-order valence-electron chi connectivity index (χ4n) is 2.30. The highest BCUT2D eigenvalue weighted by molar-refractivity contribution is 6.31. The second-order valence-corrected chi connectivity index (χ2v) is 5.78. The van der Waals surface area contributed by atoms with Crippen molar-refractivity contribution in [2.75, 3.05) is 19.6 Å². The first-order chi connectivity index (χ1) is 11.3. The fourth-order valence-corrected chi connectivity index (χ4v) is 2.49. The molecule has 2 aromatic rings. The molecule has 2 aromatic carbocycles. The molecule has 0 atom stereocenters. The predicted molar refractivity (Wildman–Crippen MR) is 97.1 cm³/mol. The maximum absolute atomic E-state index is 6.18. The lowest BCUT2D eigenvalue weighted by Crippen LogP contribution is -2.21. The van der Waals surface area contributed by atoms with Crippen LogP contribution in [0.25, 0.3) is 0 Å². The van der Waals surface area contributed by atoms with Crippen molar-refractivity contribution < 1.29 is 4.74 Å². The Morgan fingerprint density at radius 2 is 1.61 bits per heavy atom. The van der Waals surface area contributed by atoms with Crippen LogP contribution in [0.2, 0.25) is 5.02 Å². The third-order valence-corrected chi connectivity index (χ3v) is 3.95. The highest BCUT2D eigenvalue weighted by Crippen LogP contribution is 2.21. The number of ether oxygens (including phenoxy) is 1. The van der Waals surface area contributed by atoms with Crippen molar-refractivity contribution in [2.24, 2.45) is 0 Å². The number of hydrogen-bond acceptors (Lipinski definition) is 3. The Hall–Kier alpha value is -1.55. The van der Waals surface area contributed by atoms with Gasteiger partial charge in [0.05, 0.1) is 0 Å². The zero-order valence-electron chi connectivity index (χ0n) is 13.6.